The van der Waals surface area contributed by atoms with E-state index in [1.54, 1.807) is 0 Å². The van der Waals surface area contributed by atoms with Crippen LogP contribution in [0.2, 0.25) is 0 Å². The second kappa shape index (κ2) is 4.45. The van der Waals surface area contributed by atoms with Crippen molar-refractivity contribution in [3.8, 4) is 0 Å². The number of rotatable bonds is 3. The summed E-state index contributed by atoms with van der Waals surface area (Å²) in [7, 11) is -2.98. The largest absolute Gasteiger partial charge is 0.352 e. The van der Waals surface area contributed by atoms with Gasteiger partial charge >= 0.3 is 0 Å². The van der Waals surface area contributed by atoms with Gasteiger partial charge in [-0.05, 0) is 10.8 Å². The van der Waals surface area contributed by atoms with E-state index in [0.29, 0.717) is 6.54 Å². The van der Waals surface area contributed by atoms with Gasteiger partial charge in [-0.2, -0.15) is 0 Å². The molecule has 0 bridgehead atoms. The standard InChI is InChI=1S/C13H24N2O3S/c1-12(2)11(13(12,3)4)15-10(16)7-9-8-19(17,18)6-5-14-9/h9,11,14H,5-8H2,1-4H3,(H,15,16). The lowest BCUT2D eigenvalue weighted by Gasteiger charge is -2.23. The first-order chi connectivity index (χ1) is 8.56. The first-order valence-corrected chi connectivity index (χ1v) is 8.61. The Morgan fingerprint density at radius 1 is 1.26 bits per heavy atom. The quantitative estimate of drug-likeness (QED) is 0.784. The van der Waals surface area contributed by atoms with Crippen LogP contribution in [0.25, 0.3) is 0 Å². The van der Waals surface area contributed by atoms with Gasteiger partial charge in [0.15, 0.2) is 9.84 Å². The summed E-state index contributed by atoms with van der Waals surface area (Å²) in [5, 5.41) is 6.14. The van der Waals surface area contributed by atoms with Crippen molar-refractivity contribution in [3.63, 3.8) is 0 Å². The minimum Gasteiger partial charge on any atom is -0.352 e. The normalized spacial score (nSPS) is 31.7. The molecule has 0 radical (unpaired) electrons. The van der Waals surface area contributed by atoms with Crippen molar-refractivity contribution in [2.24, 2.45) is 10.8 Å². The van der Waals surface area contributed by atoms with E-state index in [1.807, 2.05) is 0 Å². The van der Waals surface area contributed by atoms with E-state index in [1.165, 1.54) is 0 Å². The van der Waals surface area contributed by atoms with Gasteiger partial charge in [0.2, 0.25) is 5.91 Å². The molecule has 6 heteroatoms. The Morgan fingerprint density at radius 3 is 2.32 bits per heavy atom. The molecule has 2 fully saturated rings. The second-order valence-corrected chi connectivity index (χ2v) is 9.14. The average molecular weight is 288 g/mol. The zero-order chi connectivity index (χ0) is 14.5. The molecule has 0 aromatic carbocycles. The number of carbonyl (C=O) groups is 1. The molecule has 1 saturated heterocycles. The lowest BCUT2D eigenvalue weighted by Crippen LogP contribution is -2.47. The maximum absolute atomic E-state index is 12.0. The molecule has 1 amide bonds. The Hall–Kier alpha value is -0.620. The summed E-state index contributed by atoms with van der Waals surface area (Å²) >= 11 is 0. The van der Waals surface area contributed by atoms with Crippen molar-refractivity contribution >= 4 is 15.7 Å². The fraction of sp³-hybridized carbons (Fsp3) is 0.923. The predicted molar refractivity (Wildman–Crippen MR) is 74.6 cm³/mol. The number of carbonyl (C=O) groups excluding carboxylic acids is 1. The Kier molecular flexibility index (Phi) is 3.46. The molecular formula is C13H24N2O3S. The Labute approximate surface area is 115 Å². The van der Waals surface area contributed by atoms with Crippen molar-refractivity contribution < 1.29 is 13.2 Å². The van der Waals surface area contributed by atoms with E-state index in [0.717, 1.165) is 0 Å². The van der Waals surface area contributed by atoms with Crippen LogP contribution < -0.4 is 10.6 Å². The molecule has 0 spiro atoms. The van der Waals surface area contributed by atoms with Crippen LogP contribution in [-0.4, -0.2) is 44.5 Å². The van der Waals surface area contributed by atoms with Gasteiger partial charge in [-0.3, -0.25) is 4.79 Å². The van der Waals surface area contributed by atoms with Crippen LogP contribution >= 0.6 is 0 Å². The minimum absolute atomic E-state index is 0.0572. The van der Waals surface area contributed by atoms with E-state index in [-0.39, 0.29) is 46.7 Å². The monoisotopic (exact) mass is 288 g/mol. The fourth-order valence-corrected chi connectivity index (χ4v) is 4.44. The van der Waals surface area contributed by atoms with Crippen LogP contribution in [0.3, 0.4) is 0 Å². The molecule has 1 unspecified atom stereocenters. The molecule has 1 aliphatic heterocycles. The predicted octanol–water partition coefficient (Wildman–Crippen LogP) is 0.314. The second-order valence-electron chi connectivity index (χ2n) is 6.91. The lowest BCUT2D eigenvalue weighted by atomic mass is 10.0. The summed E-state index contributed by atoms with van der Waals surface area (Å²) < 4.78 is 23.0. The number of amides is 1. The van der Waals surface area contributed by atoms with Crippen molar-refractivity contribution in [1.29, 1.82) is 0 Å². The summed E-state index contributed by atoms with van der Waals surface area (Å²) in [6.45, 7) is 9.01. The molecule has 2 rings (SSSR count). The van der Waals surface area contributed by atoms with Gasteiger partial charge in [-0.25, -0.2) is 8.42 Å². The summed E-state index contributed by atoms with van der Waals surface area (Å²) in [6, 6.07) is -0.0728. The van der Waals surface area contributed by atoms with Gasteiger partial charge in [0, 0.05) is 25.0 Å². The highest BCUT2D eigenvalue weighted by Crippen LogP contribution is 2.62. The van der Waals surface area contributed by atoms with Gasteiger partial charge in [-0.1, -0.05) is 27.7 Å². The van der Waals surface area contributed by atoms with E-state index in [2.05, 4.69) is 38.3 Å². The number of hydrogen-bond donors (Lipinski definition) is 2. The number of hydrogen-bond acceptors (Lipinski definition) is 4. The van der Waals surface area contributed by atoms with Crippen LogP contribution in [0.1, 0.15) is 34.1 Å². The molecule has 0 aromatic rings. The molecule has 1 aliphatic carbocycles. The van der Waals surface area contributed by atoms with Gasteiger partial charge in [0.1, 0.15) is 0 Å². The highest BCUT2D eigenvalue weighted by molar-refractivity contribution is 7.91. The van der Waals surface area contributed by atoms with Gasteiger partial charge in [-0.15, -0.1) is 0 Å². The van der Waals surface area contributed by atoms with Crippen molar-refractivity contribution in [2.75, 3.05) is 18.1 Å². The zero-order valence-corrected chi connectivity index (χ0v) is 12.9. The zero-order valence-electron chi connectivity index (χ0n) is 12.1. The van der Waals surface area contributed by atoms with Gasteiger partial charge < -0.3 is 10.6 Å². The highest BCUT2D eigenvalue weighted by atomic mass is 32.2. The molecular weight excluding hydrogens is 264 g/mol. The summed E-state index contributed by atoms with van der Waals surface area (Å²) in [4.78, 5) is 12.0. The molecule has 0 aromatic heterocycles. The molecule has 1 saturated carbocycles. The third kappa shape index (κ3) is 2.79. The van der Waals surface area contributed by atoms with Crippen LogP contribution in [0.4, 0.5) is 0 Å². The SMILES string of the molecule is CC1(C)C(NC(=O)CC2CS(=O)(=O)CCN2)C1(C)C. The molecule has 2 aliphatic rings. The molecule has 1 atom stereocenters. The summed E-state index contributed by atoms with van der Waals surface area (Å²) in [5.41, 5.74) is 0.212. The molecule has 1 heterocycles. The van der Waals surface area contributed by atoms with Crippen LogP contribution in [0.5, 0.6) is 0 Å². The van der Waals surface area contributed by atoms with E-state index >= 15 is 0 Å². The van der Waals surface area contributed by atoms with Gasteiger partial charge in [0.25, 0.3) is 0 Å². The van der Waals surface area contributed by atoms with Crippen LogP contribution in [0, 0.1) is 10.8 Å². The fourth-order valence-electron chi connectivity index (χ4n) is 3.00. The minimum atomic E-state index is -2.98. The van der Waals surface area contributed by atoms with E-state index in [9.17, 15) is 13.2 Å². The Morgan fingerprint density at radius 2 is 1.84 bits per heavy atom. The smallest absolute Gasteiger partial charge is 0.221 e. The third-order valence-corrected chi connectivity index (χ3v) is 6.80. The highest BCUT2D eigenvalue weighted by Gasteiger charge is 2.65. The molecule has 19 heavy (non-hydrogen) atoms. The van der Waals surface area contributed by atoms with Gasteiger partial charge in [0.05, 0.1) is 11.5 Å². The number of sulfone groups is 1. The summed E-state index contributed by atoms with van der Waals surface area (Å²) in [6.07, 6.45) is 0.238. The Balaban J connectivity index is 1.86. The lowest BCUT2D eigenvalue weighted by molar-refractivity contribution is -0.121. The van der Waals surface area contributed by atoms with Crippen molar-refractivity contribution in [1.82, 2.24) is 10.6 Å². The van der Waals surface area contributed by atoms with Crippen LogP contribution in [-0.2, 0) is 14.6 Å². The maximum atomic E-state index is 12.0. The van der Waals surface area contributed by atoms with E-state index < -0.39 is 9.84 Å². The van der Waals surface area contributed by atoms with Crippen molar-refractivity contribution in [3.05, 3.63) is 0 Å². The first kappa shape index (κ1) is 14.8. The maximum Gasteiger partial charge on any atom is 0.221 e. The summed E-state index contributed by atoms with van der Waals surface area (Å²) in [5.74, 6) is 0.185. The first-order valence-electron chi connectivity index (χ1n) is 6.79. The van der Waals surface area contributed by atoms with Crippen LogP contribution in [0.15, 0.2) is 0 Å². The topological polar surface area (TPSA) is 75.3 Å². The van der Waals surface area contributed by atoms with E-state index in [4.69, 9.17) is 0 Å². The molecule has 110 valence electrons. The number of nitrogens with one attached hydrogen (secondary N) is 2. The van der Waals surface area contributed by atoms with Crippen molar-refractivity contribution in [2.45, 2.75) is 46.2 Å². The Bertz CT molecular complexity index is 468. The third-order valence-electron chi connectivity index (χ3n) is 5.06. The molecule has 5 nitrogen and oxygen atoms in total. The molecule has 2 N–H and O–H groups in total. The average Bonchev–Trinajstić information content (AvgIpc) is 2.59.